The quantitative estimate of drug-likeness (QED) is 0.0163. The minimum absolute atomic E-state index is 0.0273. The maximum Gasteiger partial charge on any atom is 0.410 e. The lowest BCUT2D eigenvalue weighted by molar-refractivity contribution is -0.297. The van der Waals surface area contributed by atoms with Crippen LogP contribution in [0.4, 0.5) is 4.79 Å². The van der Waals surface area contributed by atoms with Gasteiger partial charge in [-0.3, -0.25) is 28.9 Å². The molecule has 2 aliphatic heterocycles. The van der Waals surface area contributed by atoms with E-state index in [2.05, 4.69) is 16.0 Å². The molecule has 0 aliphatic carbocycles. The Morgan fingerprint density at radius 1 is 0.344 bits per heavy atom. The van der Waals surface area contributed by atoms with E-state index in [-0.39, 0.29) is 51.1 Å². The molecule has 122 heavy (non-hydrogen) atoms. The number of hydrogen-bond acceptors (Lipinski definition) is 27. The van der Waals surface area contributed by atoms with Crippen molar-refractivity contribution in [2.75, 3.05) is 72.2 Å². The Labute approximate surface area is 699 Å². The van der Waals surface area contributed by atoms with Crippen molar-refractivity contribution in [1.82, 2.24) is 25.8 Å². The lowest BCUT2D eigenvalue weighted by Gasteiger charge is -2.44. The van der Waals surface area contributed by atoms with Crippen LogP contribution in [0.15, 0.2) is 243 Å². The second kappa shape index (κ2) is 45.2. The third kappa shape index (κ3) is 27.5. The van der Waals surface area contributed by atoms with Crippen molar-refractivity contribution in [3.63, 3.8) is 0 Å². The van der Waals surface area contributed by atoms with E-state index in [1.54, 1.807) is 166 Å². The molecule has 0 unspecified atom stereocenters. The predicted molar refractivity (Wildman–Crippen MR) is 427 cm³/mol. The first kappa shape index (κ1) is 90.3. The number of nitrogens with zero attached hydrogens (tertiary/aromatic N) is 2. The number of carbonyl (C=O) groups is 14. The number of carboxylic acid groups (broad SMARTS) is 1. The average Bonchev–Trinajstić information content (AvgIpc) is 0.779. The summed E-state index contributed by atoms with van der Waals surface area (Å²) in [5.41, 5.74) is -0.657. The van der Waals surface area contributed by atoms with Crippen LogP contribution in [0.3, 0.4) is 0 Å². The third-order valence-corrected chi connectivity index (χ3v) is 18.2. The van der Waals surface area contributed by atoms with Crippen molar-refractivity contribution < 1.29 is 134 Å². The van der Waals surface area contributed by atoms with Crippen molar-refractivity contribution in [3.05, 3.63) is 287 Å². The van der Waals surface area contributed by atoms with Gasteiger partial charge in [0.05, 0.1) is 77.2 Å². The number of hydrogen-bond donors (Lipinski definition) is 4. The maximum absolute atomic E-state index is 14.2. The summed E-state index contributed by atoms with van der Waals surface area (Å²) in [6.45, 7) is -1.87. The summed E-state index contributed by atoms with van der Waals surface area (Å²) >= 11 is 0. The van der Waals surface area contributed by atoms with Gasteiger partial charge in [-0.05, 0) is 118 Å². The van der Waals surface area contributed by atoms with Crippen molar-refractivity contribution in [3.8, 4) is 0 Å². The average molecular weight is 1680 g/mol. The zero-order valence-electron chi connectivity index (χ0n) is 66.4. The van der Waals surface area contributed by atoms with E-state index in [9.17, 15) is 72.2 Å². The van der Waals surface area contributed by atoms with Crippen LogP contribution in [0.2, 0.25) is 0 Å². The SMILES string of the molecule is CC(C)(C)OC(=O)N(CCC(=O)N(CCC(=O)O)CC(=O)NCC(=O)NCCO[C@@H]1O[C@H](COC(=O)c2ccccc2)[C@H](OC(=O)c2ccccc2)[C@H](OC(=O)c2ccccc2)[C@H]1OC(=O)c1ccccc1)CC(=O)NCCO[C@@H]1O[C@H](COC(=O)c2ccccc2)[C@H](OC(=O)c2ccccc2)[C@H](OC(=O)c2ccccc2)[C@H]1OC(=O)c1ccccc1. The van der Waals surface area contributed by atoms with Crippen molar-refractivity contribution in [2.24, 2.45) is 0 Å². The van der Waals surface area contributed by atoms with E-state index >= 15 is 0 Å². The monoisotopic (exact) mass is 1680 g/mol. The van der Waals surface area contributed by atoms with Gasteiger partial charge < -0.3 is 87.5 Å². The van der Waals surface area contributed by atoms with Gasteiger partial charge in [0.1, 0.15) is 37.6 Å². The van der Waals surface area contributed by atoms with Gasteiger partial charge in [-0.15, -0.1) is 0 Å². The molecule has 33 heteroatoms. The molecule has 8 aromatic rings. The highest BCUT2D eigenvalue weighted by Gasteiger charge is 2.56. The first-order valence-electron chi connectivity index (χ1n) is 38.7. The Morgan fingerprint density at radius 3 is 0.943 bits per heavy atom. The Bertz CT molecular complexity index is 4860. The van der Waals surface area contributed by atoms with Crippen LogP contribution in [0, 0.1) is 0 Å². The fraction of sp³-hybridized carbons (Fsp3) is 0.303. The summed E-state index contributed by atoms with van der Waals surface area (Å²) in [7, 11) is 0. The van der Waals surface area contributed by atoms with Crippen LogP contribution in [0.1, 0.15) is 116 Å². The Hall–Kier alpha value is -14.0. The van der Waals surface area contributed by atoms with Gasteiger partial charge in [-0.2, -0.15) is 0 Å². The van der Waals surface area contributed by atoms with E-state index in [1.807, 2.05) is 0 Å². The molecule has 5 amide bonds. The maximum atomic E-state index is 14.2. The second-order valence-corrected chi connectivity index (χ2v) is 28.3. The summed E-state index contributed by atoms with van der Waals surface area (Å²) in [5, 5.41) is 17.2. The second-order valence-electron chi connectivity index (χ2n) is 28.3. The fourth-order valence-corrected chi connectivity index (χ4v) is 12.2. The normalized spacial score (nSPS) is 18.4. The van der Waals surface area contributed by atoms with Crippen LogP contribution in [0.5, 0.6) is 0 Å². The Kier molecular flexibility index (Phi) is 33.5. The molecular weight excluding hydrogens is 1590 g/mol. The number of aliphatic carboxylic acids is 1. The highest BCUT2D eigenvalue weighted by atomic mass is 16.7. The Balaban J connectivity index is 0.790. The summed E-state index contributed by atoms with van der Waals surface area (Å²) < 4.78 is 78.8. The van der Waals surface area contributed by atoms with Crippen LogP contribution in [-0.2, 0) is 85.6 Å². The molecule has 0 bridgehead atoms. The van der Waals surface area contributed by atoms with Gasteiger partial charge in [0, 0.05) is 32.6 Å². The smallest absolute Gasteiger partial charge is 0.410 e. The number of amides is 5. The summed E-state index contributed by atoms with van der Waals surface area (Å²) in [4.78, 5) is 194. The van der Waals surface area contributed by atoms with Gasteiger partial charge in [-0.1, -0.05) is 146 Å². The van der Waals surface area contributed by atoms with E-state index in [1.165, 1.54) is 97.1 Å². The Morgan fingerprint density at radius 2 is 0.623 bits per heavy atom. The first-order chi connectivity index (χ1) is 58.8. The van der Waals surface area contributed by atoms with Crippen LogP contribution >= 0.6 is 0 Å². The lowest BCUT2D eigenvalue weighted by Crippen LogP contribution is -2.63. The number of carboxylic acids is 1. The minimum Gasteiger partial charge on any atom is -0.481 e. The number of ether oxygens (including phenoxy) is 13. The topological polar surface area (TPSA) is 422 Å². The third-order valence-electron chi connectivity index (χ3n) is 18.2. The minimum atomic E-state index is -1.79. The number of benzene rings is 8. The number of carbonyl (C=O) groups excluding carboxylic acids is 13. The standard InChI is InChI=1S/C89H89N5O28/c1-89(2,3)122-88(109)94(54-68(96)91-47-51-111-87-77(121-85(108)64-42-26-11-27-43-64)75(119-83(106)62-38-22-9-23-39-62)73(117-81(104)60-34-18-7-19-35-60)66(115-87)56-113-79(102)58-30-14-5-15-31-58)48-44-70(98)93(49-45-71(99)100)53-69(97)92-52-67(95)90-46-50-110-86-76(120-84(107)63-40-24-10-25-41-63)74(118-82(105)61-36-20-8-21-37-61)72(116-80(103)59-32-16-6-17-33-59)65(114-86)55-112-78(101)57-28-12-4-13-29-57/h4-43,65-66,72-77,86-87H,44-56H2,1-3H3,(H,90,95)(H,91,96)(H,92,97)(H,99,100)/t65-,66-,72+,73+,74+,75+,76-,77-,86-,87-/m1/s1. The first-order valence-corrected chi connectivity index (χ1v) is 38.7. The van der Waals surface area contributed by atoms with Crippen molar-refractivity contribution in [1.29, 1.82) is 0 Å². The zero-order chi connectivity index (χ0) is 86.9. The lowest BCUT2D eigenvalue weighted by atomic mass is 9.97. The van der Waals surface area contributed by atoms with Crippen molar-refractivity contribution in [2.45, 2.75) is 101 Å². The highest BCUT2D eigenvalue weighted by molar-refractivity contribution is 5.95. The predicted octanol–water partition coefficient (Wildman–Crippen LogP) is 7.82. The summed E-state index contributed by atoms with van der Waals surface area (Å²) in [6.07, 6.45) is -19.5. The molecular formula is C89H89N5O28. The molecule has 33 nitrogen and oxygen atoms in total. The molecule has 8 aromatic carbocycles. The van der Waals surface area contributed by atoms with E-state index in [4.69, 9.17) is 61.6 Å². The summed E-state index contributed by atoms with van der Waals surface area (Å²) in [6, 6.07) is 61.8. The van der Waals surface area contributed by atoms with Crippen molar-refractivity contribution >= 4 is 83.4 Å². The summed E-state index contributed by atoms with van der Waals surface area (Å²) in [5.74, 6) is -12.3. The van der Waals surface area contributed by atoms with Gasteiger partial charge in [0.2, 0.25) is 23.6 Å². The molecule has 0 radical (unpaired) electrons. The van der Waals surface area contributed by atoms with E-state index < -0.39 is 229 Å². The molecule has 10 atom stereocenters. The molecule has 2 aliphatic rings. The van der Waals surface area contributed by atoms with Gasteiger partial charge in [0.25, 0.3) is 0 Å². The molecule has 2 fully saturated rings. The molecule has 10 rings (SSSR count). The number of rotatable bonds is 38. The van der Waals surface area contributed by atoms with Crippen LogP contribution in [-0.4, -0.2) is 238 Å². The van der Waals surface area contributed by atoms with Crippen LogP contribution in [0.25, 0.3) is 0 Å². The van der Waals surface area contributed by atoms with E-state index in [0.29, 0.717) is 0 Å². The molecule has 2 heterocycles. The molecule has 0 saturated carbocycles. The fourth-order valence-electron chi connectivity index (χ4n) is 12.2. The molecule has 2 saturated heterocycles. The van der Waals surface area contributed by atoms with Gasteiger partial charge in [0.15, 0.2) is 49.2 Å². The number of nitrogens with one attached hydrogen (secondary N) is 3. The van der Waals surface area contributed by atoms with E-state index in [0.717, 1.165) is 9.80 Å². The highest BCUT2D eigenvalue weighted by Crippen LogP contribution is 2.35. The molecule has 0 aromatic heterocycles. The van der Waals surface area contributed by atoms with Gasteiger partial charge >= 0.3 is 59.8 Å². The zero-order valence-corrected chi connectivity index (χ0v) is 66.4. The molecule has 638 valence electrons. The molecule has 0 spiro atoms. The number of esters is 8. The largest absolute Gasteiger partial charge is 0.481 e. The molecule has 4 N–H and O–H groups in total. The van der Waals surface area contributed by atoms with Crippen LogP contribution < -0.4 is 16.0 Å². The van der Waals surface area contributed by atoms with Gasteiger partial charge in [-0.25, -0.2) is 43.2 Å².